The molecule has 1 aliphatic rings. The molecule has 1 aromatic heterocycles. The summed E-state index contributed by atoms with van der Waals surface area (Å²) in [5, 5.41) is 5.65. The maximum atomic E-state index is 12.9. The summed E-state index contributed by atoms with van der Waals surface area (Å²) in [6.45, 7) is 1.20. The molecule has 0 unspecified atom stereocenters. The Bertz CT molecular complexity index is 804. The van der Waals surface area contributed by atoms with Gasteiger partial charge in [-0.2, -0.15) is 27.0 Å². The Kier molecular flexibility index (Phi) is 12.1. The number of benzene rings is 1. The molecule has 0 aliphatic carbocycles. The van der Waals surface area contributed by atoms with E-state index in [4.69, 9.17) is 4.74 Å². The molecule has 1 saturated heterocycles. The number of nitrogens with one attached hydrogen (secondary N) is 3. The second-order valence-corrected chi connectivity index (χ2v) is 7.05. The zero-order valence-corrected chi connectivity index (χ0v) is 19.6. The number of aromatic amines is 1. The van der Waals surface area contributed by atoms with Gasteiger partial charge >= 0.3 is 6.09 Å². The first-order valence-corrected chi connectivity index (χ1v) is 10.0. The summed E-state index contributed by atoms with van der Waals surface area (Å²) < 4.78 is 10.4. The average Bonchev–Trinajstić information content (AvgIpc) is 3.23. The largest absolute Gasteiger partial charge is 0.453 e. The van der Waals surface area contributed by atoms with Crippen LogP contribution in [-0.2, 0) is 14.3 Å². The highest BCUT2D eigenvalue weighted by atomic mass is 32.1. The standard InChI is InChI=1S/C21H28N4O4.2H2S/c1-28-21(27)25-17-10-6-3-7-12-29-13-11-16(24-20(17)26)19-22-14-18(23-19)15-8-4-2-5-9-15;;/h2,4-5,8-9,14,16-17H,3,6-7,10-13H2,1H3,(H,22,23)(H,24,26)(H,25,27);2*1H2/t16-,17-;;/m0../s1. The summed E-state index contributed by atoms with van der Waals surface area (Å²) in [5.41, 5.74) is 1.90. The Balaban J connectivity index is 0.00000240. The second kappa shape index (κ2) is 14.0. The Hall–Kier alpha value is -2.17. The number of aromatic nitrogens is 2. The van der Waals surface area contributed by atoms with Gasteiger partial charge in [0.2, 0.25) is 5.91 Å². The first-order valence-electron chi connectivity index (χ1n) is 10.0. The molecule has 0 radical (unpaired) electrons. The van der Waals surface area contributed by atoms with Crippen molar-refractivity contribution < 1.29 is 19.1 Å². The fraction of sp³-hybridized carbons (Fsp3) is 0.476. The molecule has 10 heteroatoms. The van der Waals surface area contributed by atoms with Crippen molar-refractivity contribution in [2.24, 2.45) is 0 Å². The van der Waals surface area contributed by atoms with Crippen LogP contribution in [0.25, 0.3) is 11.3 Å². The summed E-state index contributed by atoms with van der Waals surface area (Å²) in [4.78, 5) is 32.3. The number of carbonyl (C=O) groups excluding carboxylic acids is 2. The smallest absolute Gasteiger partial charge is 0.407 e. The third-order valence-electron chi connectivity index (χ3n) is 4.95. The molecular formula is C21H32N4O4S2. The minimum atomic E-state index is -0.645. The van der Waals surface area contributed by atoms with Gasteiger partial charge < -0.3 is 25.1 Å². The van der Waals surface area contributed by atoms with E-state index in [0.29, 0.717) is 31.9 Å². The summed E-state index contributed by atoms with van der Waals surface area (Å²) in [6, 6.07) is 8.89. The van der Waals surface area contributed by atoms with Crippen LogP contribution >= 0.6 is 27.0 Å². The maximum Gasteiger partial charge on any atom is 0.407 e. The molecule has 2 heterocycles. The highest BCUT2D eigenvalue weighted by Gasteiger charge is 2.26. The van der Waals surface area contributed by atoms with Crippen molar-refractivity contribution in [3.05, 3.63) is 42.4 Å². The summed E-state index contributed by atoms with van der Waals surface area (Å²) >= 11 is 0. The van der Waals surface area contributed by atoms with Crippen molar-refractivity contribution in [1.29, 1.82) is 0 Å². The van der Waals surface area contributed by atoms with Crippen molar-refractivity contribution in [3.8, 4) is 11.3 Å². The van der Waals surface area contributed by atoms with Crippen molar-refractivity contribution in [2.45, 2.75) is 44.2 Å². The van der Waals surface area contributed by atoms with Crippen molar-refractivity contribution >= 4 is 39.0 Å². The predicted octanol–water partition coefficient (Wildman–Crippen LogP) is 3.16. The Labute approximate surface area is 196 Å². The minimum absolute atomic E-state index is 0. The third kappa shape index (κ3) is 8.12. The molecule has 2 aromatic rings. The number of methoxy groups -OCH3 is 1. The average molecular weight is 469 g/mol. The number of hydrogen-bond acceptors (Lipinski definition) is 5. The molecule has 172 valence electrons. The van der Waals surface area contributed by atoms with Gasteiger partial charge in [-0.25, -0.2) is 9.78 Å². The number of carbonyl (C=O) groups is 2. The lowest BCUT2D eigenvalue weighted by atomic mass is 10.1. The van der Waals surface area contributed by atoms with E-state index in [1.54, 1.807) is 6.20 Å². The number of nitrogens with zero attached hydrogens (tertiary/aromatic N) is 1. The molecule has 2 atom stereocenters. The molecule has 0 spiro atoms. The monoisotopic (exact) mass is 468 g/mol. The van der Waals surface area contributed by atoms with Crippen LogP contribution in [0.15, 0.2) is 36.5 Å². The lowest BCUT2D eigenvalue weighted by Gasteiger charge is -2.23. The van der Waals surface area contributed by atoms with E-state index < -0.39 is 12.1 Å². The first kappa shape index (κ1) is 26.9. The van der Waals surface area contributed by atoms with Gasteiger partial charge in [-0.05, 0) is 24.8 Å². The normalized spacial score (nSPS) is 20.0. The van der Waals surface area contributed by atoms with E-state index in [1.807, 2.05) is 30.3 Å². The second-order valence-electron chi connectivity index (χ2n) is 7.05. The van der Waals surface area contributed by atoms with Crippen LogP contribution in [0.5, 0.6) is 0 Å². The number of hydrogen-bond donors (Lipinski definition) is 3. The lowest BCUT2D eigenvalue weighted by molar-refractivity contribution is -0.124. The minimum Gasteiger partial charge on any atom is -0.453 e. The van der Waals surface area contributed by atoms with Gasteiger partial charge in [-0.3, -0.25) is 4.79 Å². The van der Waals surface area contributed by atoms with Crippen molar-refractivity contribution in [3.63, 3.8) is 0 Å². The van der Waals surface area contributed by atoms with Gasteiger partial charge in [0.25, 0.3) is 0 Å². The fourth-order valence-electron chi connectivity index (χ4n) is 3.33. The van der Waals surface area contributed by atoms with Crippen LogP contribution < -0.4 is 10.6 Å². The molecular weight excluding hydrogens is 436 g/mol. The van der Waals surface area contributed by atoms with E-state index in [9.17, 15) is 9.59 Å². The molecule has 2 amide bonds. The highest BCUT2D eigenvalue weighted by molar-refractivity contribution is 7.59. The summed E-state index contributed by atoms with van der Waals surface area (Å²) in [5.74, 6) is 0.410. The molecule has 0 saturated carbocycles. The van der Waals surface area contributed by atoms with E-state index >= 15 is 0 Å². The van der Waals surface area contributed by atoms with Crippen LogP contribution in [0.4, 0.5) is 4.79 Å². The summed E-state index contributed by atoms with van der Waals surface area (Å²) in [6.07, 6.45) is 4.96. The number of amides is 2. The van der Waals surface area contributed by atoms with Crippen LogP contribution in [0.3, 0.4) is 0 Å². The van der Waals surface area contributed by atoms with Crippen molar-refractivity contribution in [2.75, 3.05) is 20.3 Å². The van der Waals surface area contributed by atoms with Gasteiger partial charge in [0, 0.05) is 13.2 Å². The number of ether oxygens (including phenoxy) is 2. The molecule has 8 nitrogen and oxygen atoms in total. The number of rotatable bonds is 3. The molecule has 3 rings (SSSR count). The highest BCUT2D eigenvalue weighted by Crippen LogP contribution is 2.21. The Morgan fingerprint density at radius 3 is 2.65 bits per heavy atom. The van der Waals surface area contributed by atoms with Gasteiger partial charge in [0.1, 0.15) is 11.9 Å². The number of imidazole rings is 1. The van der Waals surface area contributed by atoms with E-state index in [0.717, 1.165) is 30.5 Å². The molecule has 31 heavy (non-hydrogen) atoms. The lowest BCUT2D eigenvalue weighted by Crippen LogP contribution is -2.48. The van der Waals surface area contributed by atoms with E-state index in [1.165, 1.54) is 7.11 Å². The molecule has 1 aliphatic heterocycles. The SMILES string of the molecule is COC(=O)N[C@H]1CCCCCOCC[C@@H](c2ncc(-c3ccccc3)[nH]2)NC1=O.S.S. The molecule has 1 aromatic carbocycles. The first-order chi connectivity index (χ1) is 14.2. The number of alkyl carbamates (subject to hydrolysis) is 1. The molecule has 0 bridgehead atoms. The quantitative estimate of drug-likeness (QED) is 0.642. The number of H-pyrrole nitrogens is 1. The third-order valence-corrected chi connectivity index (χ3v) is 4.95. The van der Waals surface area contributed by atoms with Crippen molar-refractivity contribution in [1.82, 2.24) is 20.6 Å². The fourth-order valence-corrected chi connectivity index (χ4v) is 3.33. The van der Waals surface area contributed by atoms with E-state index in [2.05, 4.69) is 25.3 Å². The molecule has 1 fully saturated rings. The Morgan fingerprint density at radius 1 is 1.13 bits per heavy atom. The predicted molar refractivity (Wildman–Crippen MR) is 129 cm³/mol. The van der Waals surface area contributed by atoms with Gasteiger partial charge in [-0.1, -0.05) is 43.2 Å². The molecule has 3 N–H and O–H groups in total. The van der Waals surface area contributed by atoms with Gasteiger partial charge in [0.15, 0.2) is 0 Å². The van der Waals surface area contributed by atoms with Crippen LogP contribution in [-0.4, -0.2) is 48.3 Å². The van der Waals surface area contributed by atoms with Gasteiger partial charge in [-0.15, -0.1) is 0 Å². The zero-order valence-electron chi connectivity index (χ0n) is 17.6. The zero-order chi connectivity index (χ0) is 20.5. The summed E-state index contributed by atoms with van der Waals surface area (Å²) in [7, 11) is 1.29. The van der Waals surface area contributed by atoms with E-state index in [-0.39, 0.29) is 38.9 Å². The topological polar surface area (TPSA) is 105 Å². The maximum absolute atomic E-state index is 12.9. The van der Waals surface area contributed by atoms with Crippen LogP contribution in [0.1, 0.15) is 44.0 Å². The van der Waals surface area contributed by atoms with Crippen LogP contribution in [0, 0.1) is 0 Å². The van der Waals surface area contributed by atoms with Gasteiger partial charge in [0.05, 0.1) is 25.0 Å². The Morgan fingerprint density at radius 2 is 1.90 bits per heavy atom. The van der Waals surface area contributed by atoms with Crippen LogP contribution in [0.2, 0.25) is 0 Å².